The summed E-state index contributed by atoms with van der Waals surface area (Å²) in [6.45, 7) is 0. The van der Waals surface area contributed by atoms with Gasteiger partial charge in [-0.05, 0) is 50.4 Å². The molecule has 2 saturated heterocycles. The van der Waals surface area contributed by atoms with Crippen LogP contribution in [0.2, 0.25) is 0 Å². The number of rotatable bonds is 3. The Balaban J connectivity index is 0.00000161. The van der Waals surface area contributed by atoms with Crippen LogP contribution in [0.5, 0.6) is 0 Å². The number of esters is 1. The lowest BCUT2D eigenvalue weighted by atomic mass is 10.0. The van der Waals surface area contributed by atoms with Crippen LogP contribution in [-0.4, -0.2) is 36.1 Å². The maximum absolute atomic E-state index is 12.1. The van der Waals surface area contributed by atoms with Crippen molar-refractivity contribution in [2.45, 2.75) is 50.3 Å². The number of halogens is 2. The molecule has 1 unspecified atom stereocenters. The molecule has 2 bridgehead atoms. The van der Waals surface area contributed by atoms with Crippen LogP contribution in [-0.2, 0) is 16.0 Å². The molecule has 5 heteroatoms. The van der Waals surface area contributed by atoms with Crippen LogP contribution in [0.3, 0.4) is 0 Å². The zero-order chi connectivity index (χ0) is 14.1. The first kappa shape index (κ1) is 16.8. The highest BCUT2D eigenvalue weighted by Gasteiger charge is 2.39. The molecule has 0 amide bonds. The average molecular weight is 375 g/mol. The van der Waals surface area contributed by atoms with Gasteiger partial charge in [-0.15, -0.1) is 12.4 Å². The first-order chi connectivity index (χ1) is 9.61. The van der Waals surface area contributed by atoms with Crippen molar-refractivity contribution in [2.75, 3.05) is 7.05 Å². The van der Waals surface area contributed by atoms with E-state index in [0.29, 0.717) is 18.5 Å². The van der Waals surface area contributed by atoms with Crippen molar-refractivity contribution in [3.63, 3.8) is 0 Å². The fourth-order valence-electron chi connectivity index (χ4n) is 3.50. The van der Waals surface area contributed by atoms with Crippen LogP contribution in [0.1, 0.15) is 31.2 Å². The van der Waals surface area contributed by atoms with Gasteiger partial charge in [0.05, 0.1) is 6.42 Å². The highest BCUT2D eigenvalue weighted by molar-refractivity contribution is 9.10. The predicted octanol–water partition coefficient (Wildman–Crippen LogP) is 3.58. The van der Waals surface area contributed by atoms with Crippen molar-refractivity contribution in [3.05, 3.63) is 34.3 Å². The highest BCUT2D eigenvalue weighted by atomic mass is 79.9. The molecular formula is C16H21BrClNO2. The Kier molecular flexibility index (Phi) is 5.69. The van der Waals surface area contributed by atoms with Crippen molar-refractivity contribution >= 4 is 34.3 Å². The van der Waals surface area contributed by atoms with E-state index in [-0.39, 0.29) is 24.5 Å². The van der Waals surface area contributed by atoms with Gasteiger partial charge in [-0.3, -0.25) is 4.79 Å². The second kappa shape index (κ2) is 7.12. The Hall–Kier alpha value is -0.580. The predicted molar refractivity (Wildman–Crippen MR) is 88.8 cm³/mol. The third-order valence-electron chi connectivity index (χ3n) is 4.59. The number of piperidine rings is 1. The topological polar surface area (TPSA) is 29.5 Å². The molecule has 0 aliphatic carbocycles. The monoisotopic (exact) mass is 373 g/mol. The number of carbonyl (C=O) groups excluding carboxylic acids is 1. The Labute approximate surface area is 140 Å². The number of nitrogens with zero attached hydrogens (tertiary/aromatic N) is 1. The molecule has 0 saturated carbocycles. The largest absolute Gasteiger partial charge is 0.462 e. The third kappa shape index (κ3) is 3.99. The number of hydrogen-bond acceptors (Lipinski definition) is 3. The summed E-state index contributed by atoms with van der Waals surface area (Å²) in [6, 6.07) is 9.06. The summed E-state index contributed by atoms with van der Waals surface area (Å²) in [7, 11) is 2.20. The van der Waals surface area contributed by atoms with Crippen molar-refractivity contribution < 1.29 is 9.53 Å². The maximum Gasteiger partial charge on any atom is 0.310 e. The molecule has 3 rings (SSSR count). The van der Waals surface area contributed by atoms with Gasteiger partial charge in [0, 0.05) is 16.6 Å². The minimum atomic E-state index is -0.1000. The summed E-state index contributed by atoms with van der Waals surface area (Å²) in [5, 5.41) is 0. The van der Waals surface area contributed by atoms with Crippen molar-refractivity contribution in [1.82, 2.24) is 4.90 Å². The van der Waals surface area contributed by atoms with Crippen LogP contribution in [0.15, 0.2) is 28.7 Å². The summed E-state index contributed by atoms with van der Waals surface area (Å²) in [6.07, 6.45) is 4.97. The van der Waals surface area contributed by atoms with E-state index in [1.54, 1.807) is 0 Å². The normalized spacial score (nSPS) is 28.0. The van der Waals surface area contributed by atoms with Crippen LogP contribution < -0.4 is 0 Å². The van der Waals surface area contributed by atoms with Gasteiger partial charge in [0.15, 0.2) is 0 Å². The zero-order valence-electron chi connectivity index (χ0n) is 12.1. The molecule has 0 spiro atoms. The SMILES string of the molecule is CN1[C@@H]2CC[C@H]1CC(OC(=O)Cc1cccc(Br)c1)C2.Cl. The van der Waals surface area contributed by atoms with Gasteiger partial charge in [0.25, 0.3) is 0 Å². The first-order valence-corrected chi connectivity index (χ1v) is 8.07. The first-order valence-electron chi connectivity index (χ1n) is 7.27. The van der Waals surface area contributed by atoms with E-state index in [4.69, 9.17) is 4.74 Å². The van der Waals surface area contributed by atoms with E-state index in [1.165, 1.54) is 12.8 Å². The Bertz CT molecular complexity index is 497. The second-order valence-corrected chi connectivity index (χ2v) is 6.86. The summed E-state index contributed by atoms with van der Waals surface area (Å²) in [5.41, 5.74) is 1.00. The van der Waals surface area contributed by atoms with Gasteiger partial charge < -0.3 is 9.64 Å². The number of benzene rings is 1. The number of fused-ring (bicyclic) bond motifs is 2. The molecule has 116 valence electrons. The molecule has 2 heterocycles. The summed E-state index contributed by atoms with van der Waals surface area (Å²) in [5.74, 6) is -0.1000. The van der Waals surface area contributed by atoms with E-state index >= 15 is 0 Å². The standard InChI is InChI=1S/C16H20BrNO2.ClH/c1-18-13-5-6-14(18)10-15(9-13)20-16(19)8-11-3-2-4-12(17)7-11;/h2-4,7,13-15H,5-6,8-10H2,1H3;1H/t13-,14+,15?;. The molecule has 1 aromatic carbocycles. The van der Waals surface area contributed by atoms with E-state index in [0.717, 1.165) is 22.9 Å². The fraction of sp³-hybridized carbons (Fsp3) is 0.562. The van der Waals surface area contributed by atoms with Gasteiger partial charge in [0.1, 0.15) is 6.10 Å². The van der Waals surface area contributed by atoms with E-state index < -0.39 is 0 Å². The minimum absolute atomic E-state index is 0. The average Bonchev–Trinajstić information content (AvgIpc) is 2.61. The number of hydrogen-bond donors (Lipinski definition) is 0. The zero-order valence-corrected chi connectivity index (χ0v) is 14.5. The molecular weight excluding hydrogens is 354 g/mol. The summed E-state index contributed by atoms with van der Waals surface area (Å²) in [4.78, 5) is 14.5. The van der Waals surface area contributed by atoms with Gasteiger partial charge in [0.2, 0.25) is 0 Å². The van der Waals surface area contributed by atoms with Crippen LogP contribution in [0, 0.1) is 0 Å². The van der Waals surface area contributed by atoms with Gasteiger partial charge in [-0.1, -0.05) is 28.1 Å². The lowest BCUT2D eigenvalue weighted by Gasteiger charge is -2.35. The van der Waals surface area contributed by atoms with Crippen molar-refractivity contribution in [2.24, 2.45) is 0 Å². The molecule has 2 fully saturated rings. The van der Waals surface area contributed by atoms with Crippen molar-refractivity contribution in [1.29, 1.82) is 0 Å². The van der Waals surface area contributed by atoms with Crippen LogP contribution in [0.4, 0.5) is 0 Å². The highest BCUT2D eigenvalue weighted by Crippen LogP contribution is 2.35. The van der Waals surface area contributed by atoms with E-state index in [1.807, 2.05) is 24.3 Å². The molecule has 3 atom stereocenters. The van der Waals surface area contributed by atoms with E-state index in [9.17, 15) is 4.79 Å². The number of ether oxygens (including phenoxy) is 1. The molecule has 1 aromatic rings. The Morgan fingerprint density at radius 2 is 2.00 bits per heavy atom. The summed E-state index contributed by atoms with van der Waals surface area (Å²) >= 11 is 3.42. The number of carbonyl (C=O) groups is 1. The van der Waals surface area contributed by atoms with E-state index in [2.05, 4.69) is 27.9 Å². The summed E-state index contributed by atoms with van der Waals surface area (Å²) < 4.78 is 6.68. The van der Waals surface area contributed by atoms with Gasteiger partial charge in [-0.25, -0.2) is 0 Å². The lowest BCUT2D eigenvalue weighted by molar-refractivity contribution is -0.151. The Morgan fingerprint density at radius 1 is 1.33 bits per heavy atom. The molecule has 21 heavy (non-hydrogen) atoms. The smallest absolute Gasteiger partial charge is 0.310 e. The van der Waals surface area contributed by atoms with Crippen LogP contribution >= 0.6 is 28.3 Å². The van der Waals surface area contributed by atoms with Gasteiger partial charge in [-0.2, -0.15) is 0 Å². The molecule has 0 radical (unpaired) electrons. The fourth-order valence-corrected chi connectivity index (χ4v) is 3.95. The molecule has 0 N–H and O–H groups in total. The van der Waals surface area contributed by atoms with Crippen molar-refractivity contribution in [3.8, 4) is 0 Å². The quantitative estimate of drug-likeness (QED) is 0.757. The van der Waals surface area contributed by atoms with Crippen LogP contribution in [0.25, 0.3) is 0 Å². The molecule has 2 aliphatic rings. The third-order valence-corrected chi connectivity index (χ3v) is 5.08. The molecule has 0 aromatic heterocycles. The molecule has 3 nitrogen and oxygen atoms in total. The maximum atomic E-state index is 12.1. The Morgan fingerprint density at radius 3 is 2.62 bits per heavy atom. The molecule has 2 aliphatic heterocycles. The van der Waals surface area contributed by atoms with Gasteiger partial charge >= 0.3 is 5.97 Å². The minimum Gasteiger partial charge on any atom is -0.462 e. The second-order valence-electron chi connectivity index (χ2n) is 5.94. The lowest BCUT2D eigenvalue weighted by Crippen LogP contribution is -2.43.